The van der Waals surface area contributed by atoms with Crippen molar-refractivity contribution in [3.8, 4) is 0 Å². The normalized spacial score (nSPS) is 15.2. The largest absolute Gasteiger partial charge is 0.323 e. The van der Waals surface area contributed by atoms with Crippen molar-refractivity contribution in [3.05, 3.63) is 81.6 Å². The smallest absolute Gasteiger partial charge is 0.257 e. The van der Waals surface area contributed by atoms with E-state index in [1.165, 1.54) is 11.8 Å². The van der Waals surface area contributed by atoms with Crippen LogP contribution in [0.2, 0.25) is 0 Å². The molecule has 2 aromatic carbocycles. The van der Waals surface area contributed by atoms with Crippen molar-refractivity contribution in [2.75, 3.05) is 10.6 Å². The maximum atomic E-state index is 13.9. The first-order valence-electron chi connectivity index (χ1n) is 9.27. The van der Waals surface area contributed by atoms with Crippen molar-refractivity contribution in [1.82, 2.24) is 9.97 Å². The summed E-state index contributed by atoms with van der Waals surface area (Å²) in [6.07, 6.45) is -0.322. The van der Waals surface area contributed by atoms with Crippen LogP contribution >= 0.6 is 11.8 Å². The SMILES string of the molecule is O=C1CC(C(=O)Nc2cc(F)ccc2F)c2c(nc(SCc3ccccc3)[nH]c2=O)N1. The van der Waals surface area contributed by atoms with Crippen molar-refractivity contribution in [2.24, 2.45) is 0 Å². The highest BCUT2D eigenvalue weighted by Crippen LogP contribution is 2.31. The molecule has 0 radical (unpaired) electrons. The van der Waals surface area contributed by atoms with Crippen LogP contribution in [0.3, 0.4) is 0 Å². The Balaban J connectivity index is 1.60. The lowest BCUT2D eigenvalue weighted by Crippen LogP contribution is -2.36. The Morgan fingerprint density at radius 3 is 2.71 bits per heavy atom. The number of aromatic amines is 1. The number of hydrogen-bond donors (Lipinski definition) is 3. The van der Waals surface area contributed by atoms with Gasteiger partial charge in [-0.1, -0.05) is 42.1 Å². The summed E-state index contributed by atoms with van der Waals surface area (Å²) in [6, 6.07) is 12.1. The van der Waals surface area contributed by atoms with Gasteiger partial charge in [-0.25, -0.2) is 13.8 Å². The third kappa shape index (κ3) is 4.64. The third-order valence-electron chi connectivity index (χ3n) is 4.65. The van der Waals surface area contributed by atoms with E-state index in [1.54, 1.807) is 0 Å². The van der Waals surface area contributed by atoms with Gasteiger partial charge in [-0.15, -0.1) is 0 Å². The van der Waals surface area contributed by atoms with Crippen molar-refractivity contribution in [3.63, 3.8) is 0 Å². The molecule has 0 saturated heterocycles. The second-order valence-corrected chi connectivity index (χ2v) is 7.79. The molecular formula is C21H16F2N4O3S. The summed E-state index contributed by atoms with van der Waals surface area (Å²) < 4.78 is 27.3. The number of carbonyl (C=O) groups is 2. The van der Waals surface area contributed by atoms with Crippen LogP contribution in [0, 0.1) is 11.6 Å². The molecule has 4 rings (SSSR count). The van der Waals surface area contributed by atoms with Gasteiger partial charge in [0.05, 0.1) is 17.2 Å². The number of amides is 2. The number of rotatable bonds is 5. The Morgan fingerprint density at radius 2 is 1.94 bits per heavy atom. The summed E-state index contributed by atoms with van der Waals surface area (Å²) in [5.41, 5.74) is 0.0293. The molecule has 3 N–H and O–H groups in total. The zero-order valence-electron chi connectivity index (χ0n) is 15.9. The van der Waals surface area contributed by atoms with E-state index in [9.17, 15) is 23.2 Å². The van der Waals surface area contributed by atoms with Crippen LogP contribution in [-0.4, -0.2) is 21.8 Å². The number of nitrogens with zero attached hydrogens (tertiary/aromatic N) is 1. The van der Waals surface area contributed by atoms with Crippen molar-refractivity contribution in [1.29, 1.82) is 0 Å². The standard InChI is InChI=1S/C21H16F2N4O3S/c22-12-6-7-14(23)15(8-12)24-19(29)13-9-16(28)25-18-17(13)20(30)27-21(26-18)31-10-11-4-2-1-3-5-11/h1-8,13H,9-10H2,(H,24,29)(H2,25,26,27,28,30). The topological polar surface area (TPSA) is 104 Å². The van der Waals surface area contributed by atoms with Gasteiger partial charge in [-0.3, -0.25) is 14.4 Å². The molecule has 158 valence electrons. The van der Waals surface area contributed by atoms with Gasteiger partial charge in [0.1, 0.15) is 17.5 Å². The highest BCUT2D eigenvalue weighted by Gasteiger charge is 2.35. The van der Waals surface area contributed by atoms with Gasteiger partial charge in [0, 0.05) is 18.2 Å². The Hall–Kier alpha value is -3.53. The molecule has 1 aromatic heterocycles. The average Bonchev–Trinajstić information content (AvgIpc) is 2.74. The van der Waals surface area contributed by atoms with Crippen molar-refractivity contribution >= 4 is 35.1 Å². The van der Waals surface area contributed by atoms with Crippen LogP contribution in [0.15, 0.2) is 58.5 Å². The molecule has 1 unspecified atom stereocenters. The van der Waals surface area contributed by atoms with E-state index < -0.39 is 34.9 Å². The molecule has 1 aliphatic rings. The second kappa shape index (κ2) is 8.68. The van der Waals surface area contributed by atoms with E-state index in [4.69, 9.17) is 0 Å². The number of anilines is 2. The minimum absolute atomic E-state index is 0.0181. The fraction of sp³-hybridized carbons (Fsp3) is 0.143. The maximum absolute atomic E-state index is 13.9. The Kier molecular flexibility index (Phi) is 5.81. The summed E-state index contributed by atoms with van der Waals surface area (Å²) >= 11 is 1.27. The molecule has 1 atom stereocenters. The third-order valence-corrected chi connectivity index (χ3v) is 5.59. The molecule has 3 aromatic rings. The minimum Gasteiger partial charge on any atom is -0.323 e. The van der Waals surface area contributed by atoms with E-state index in [-0.39, 0.29) is 28.6 Å². The Morgan fingerprint density at radius 1 is 1.16 bits per heavy atom. The zero-order chi connectivity index (χ0) is 22.0. The maximum Gasteiger partial charge on any atom is 0.257 e. The van der Waals surface area contributed by atoms with Gasteiger partial charge in [0.25, 0.3) is 5.56 Å². The molecule has 2 heterocycles. The summed E-state index contributed by atoms with van der Waals surface area (Å²) in [5, 5.41) is 5.04. The van der Waals surface area contributed by atoms with Crippen molar-refractivity contribution in [2.45, 2.75) is 23.2 Å². The number of nitrogens with one attached hydrogen (secondary N) is 3. The van der Waals surface area contributed by atoms with Crippen LogP contribution < -0.4 is 16.2 Å². The van der Waals surface area contributed by atoms with Gasteiger partial charge < -0.3 is 15.6 Å². The number of H-pyrrole nitrogens is 1. The van der Waals surface area contributed by atoms with Gasteiger partial charge >= 0.3 is 0 Å². The number of aromatic nitrogens is 2. The quantitative estimate of drug-likeness (QED) is 0.415. The average molecular weight is 442 g/mol. The molecule has 2 amide bonds. The Bertz CT molecular complexity index is 1220. The van der Waals surface area contributed by atoms with E-state index in [0.29, 0.717) is 5.75 Å². The van der Waals surface area contributed by atoms with E-state index in [0.717, 1.165) is 23.8 Å². The first-order valence-corrected chi connectivity index (χ1v) is 10.3. The molecular weight excluding hydrogens is 426 g/mol. The van der Waals surface area contributed by atoms with Gasteiger partial charge in [-0.2, -0.15) is 0 Å². The van der Waals surface area contributed by atoms with Crippen LogP contribution in [0.1, 0.15) is 23.5 Å². The molecule has 0 bridgehead atoms. The number of fused-ring (bicyclic) bond motifs is 1. The predicted octanol–water partition coefficient (Wildman–Crippen LogP) is 3.40. The van der Waals surface area contributed by atoms with Gasteiger partial charge in [0.2, 0.25) is 11.8 Å². The fourth-order valence-electron chi connectivity index (χ4n) is 3.18. The van der Waals surface area contributed by atoms with Crippen molar-refractivity contribution < 1.29 is 18.4 Å². The van der Waals surface area contributed by atoms with Crippen LogP contribution in [0.4, 0.5) is 20.3 Å². The van der Waals surface area contributed by atoms with Crippen LogP contribution in [0.5, 0.6) is 0 Å². The molecule has 10 heteroatoms. The summed E-state index contributed by atoms with van der Waals surface area (Å²) in [4.78, 5) is 44.5. The highest BCUT2D eigenvalue weighted by molar-refractivity contribution is 7.98. The highest BCUT2D eigenvalue weighted by atomic mass is 32.2. The zero-order valence-corrected chi connectivity index (χ0v) is 16.8. The summed E-state index contributed by atoms with van der Waals surface area (Å²) in [6.45, 7) is 0. The summed E-state index contributed by atoms with van der Waals surface area (Å²) in [7, 11) is 0. The summed E-state index contributed by atoms with van der Waals surface area (Å²) in [5.74, 6) is -3.57. The Labute approximate surface area is 179 Å². The van der Waals surface area contributed by atoms with E-state index >= 15 is 0 Å². The number of benzene rings is 2. The molecule has 0 aliphatic carbocycles. The lowest BCUT2D eigenvalue weighted by Gasteiger charge is -2.23. The lowest BCUT2D eigenvalue weighted by molar-refractivity contribution is -0.123. The minimum atomic E-state index is -1.20. The fourth-order valence-corrected chi connectivity index (χ4v) is 4.00. The number of carbonyl (C=O) groups excluding carboxylic acids is 2. The van der Waals surface area contributed by atoms with E-state index in [2.05, 4.69) is 20.6 Å². The monoisotopic (exact) mass is 442 g/mol. The number of halogens is 2. The first-order chi connectivity index (χ1) is 14.9. The van der Waals surface area contributed by atoms with Crippen LogP contribution in [0.25, 0.3) is 0 Å². The number of thioether (sulfide) groups is 1. The van der Waals surface area contributed by atoms with Crippen LogP contribution in [-0.2, 0) is 15.3 Å². The second-order valence-electron chi connectivity index (χ2n) is 6.83. The first kappa shape index (κ1) is 20.7. The van der Waals surface area contributed by atoms with E-state index in [1.807, 2.05) is 30.3 Å². The predicted molar refractivity (Wildman–Crippen MR) is 112 cm³/mol. The molecule has 7 nitrogen and oxygen atoms in total. The van der Waals surface area contributed by atoms with Gasteiger partial charge in [-0.05, 0) is 17.7 Å². The van der Waals surface area contributed by atoms with Gasteiger partial charge in [0.15, 0.2) is 5.16 Å². The number of hydrogen-bond acceptors (Lipinski definition) is 5. The molecule has 0 saturated carbocycles. The lowest BCUT2D eigenvalue weighted by atomic mass is 9.92. The molecule has 1 aliphatic heterocycles. The molecule has 0 spiro atoms. The molecule has 0 fully saturated rings. The molecule has 31 heavy (non-hydrogen) atoms.